The van der Waals surface area contributed by atoms with Gasteiger partial charge >= 0.3 is 0 Å². The van der Waals surface area contributed by atoms with Gasteiger partial charge in [0.05, 0.1) is 5.75 Å². The monoisotopic (exact) mass is 274 g/mol. The van der Waals surface area contributed by atoms with Gasteiger partial charge in [0.1, 0.15) is 0 Å². The van der Waals surface area contributed by atoms with Crippen LogP contribution in [-0.2, 0) is 10.5 Å². The number of amides is 1. The summed E-state index contributed by atoms with van der Waals surface area (Å²) < 4.78 is 0. The Morgan fingerprint density at radius 2 is 2.24 bits per heavy atom. The molecule has 0 radical (unpaired) electrons. The van der Waals surface area contributed by atoms with E-state index in [0.29, 0.717) is 18.8 Å². The van der Waals surface area contributed by atoms with Crippen LogP contribution in [0.4, 0.5) is 0 Å². The van der Waals surface area contributed by atoms with Crippen molar-refractivity contribution in [3.63, 3.8) is 0 Å². The average Bonchev–Trinajstić information content (AvgIpc) is 2.26. The highest BCUT2D eigenvalue weighted by Crippen LogP contribution is 2.12. The van der Waals surface area contributed by atoms with Crippen LogP contribution in [0.5, 0.6) is 0 Å². The first-order chi connectivity index (χ1) is 7.72. The van der Waals surface area contributed by atoms with E-state index >= 15 is 0 Å². The number of hydrogen-bond acceptors (Lipinski definition) is 3. The number of thioether (sulfide) groups is 1. The summed E-state index contributed by atoms with van der Waals surface area (Å²) in [5.41, 5.74) is 7.81. The highest BCUT2D eigenvalue weighted by atomic mass is 35.5. The van der Waals surface area contributed by atoms with Crippen LogP contribution in [0.15, 0.2) is 24.3 Å². The fourth-order valence-corrected chi connectivity index (χ4v) is 2.13. The number of aryl methyl sites for hydroxylation is 1. The standard InChI is InChI=1S/C12H18N2OS.ClH/c1-10-3-2-4-11(7-10)8-16-9-12(15)14-6-5-13;/h2-4,7H,5-6,8-9,13H2,1H3,(H,14,15);1H. The van der Waals surface area contributed by atoms with Gasteiger partial charge in [0.25, 0.3) is 0 Å². The maximum atomic E-state index is 11.3. The fraction of sp³-hybridized carbons (Fsp3) is 0.417. The third-order valence-corrected chi connectivity index (χ3v) is 3.05. The second kappa shape index (κ2) is 9.33. The summed E-state index contributed by atoms with van der Waals surface area (Å²) in [4.78, 5) is 11.3. The van der Waals surface area contributed by atoms with Crippen LogP contribution in [0.1, 0.15) is 11.1 Å². The third kappa shape index (κ3) is 7.26. The molecule has 3 nitrogen and oxygen atoms in total. The molecule has 0 unspecified atom stereocenters. The minimum atomic E-state index is 0. The van der Waals surface area contributed by atoms with Gasteiger partial charge in [0, 0.05) is 18.8 Å². The Bertz CT molecular complexity index is 347. The van der Waals surface area contributed by atoms with E-state index in [1.165, 1.54) is 11.1 Å². The Balaban J connectivity index is 0.00000256. The molecule has 96 valence electrons. The van der Waals surface area contributed by atoms with Crippen molar-refractivity contribution in [2.75, 3.05) is 18.8 Å². The summed E-state index contributed by atoms with van der Waals surface area (Å²) in [5.74, 6) is 1.43. The molecule has 0 heterocycles. The van der Waals surface area contributed by atoms with Crippen molar-refractivity contribution in [3.8, 4) is 0 Å². The van der Waals surface area contributed by atoms with Crippen LogP contribution < -0.4 is 11.1 Å². The van der Waals surface area contributed by atoms with Gasteiger partial charge in [0.2, 0.25) is 5.91 Å². The Kier molecular flexibility index (Phi) is 8.94. The number of carbonyl (C=O) groups is 1. The number of nitrogens with one attached hydrogen (secondary N) is 1. The van der Waals surface area contributed by atoms with E-state index in [4.69, 9.17) is 5.73 Å². The zero-order valence-electron chi connectivity index (χ0n) is 9.94. The molecule has 0 aliphatic carbocycles. The van der Waals surface area contributed by atoms with Crippen molar-refractivity contribution >= 4 is 30.1 Å². The van der Waals surface area contributed by atoms with Gasteiger partial charge in [-0.3, -0.25) is 4.79 Å². The number of nitrogens with two attached hydrogens (primary N) is 1. The molecule has 5 heteroatoms. The fourth-order valence-electron chi connectivity index (χ4n) is 1.33. The normalized spacial score (nSPS) is 9.53. The molecule has 0 bridgehead atoms. The number of benzene rings is 1. The zero-order valence-corrected chi connectivity index (χ0v) is 11.6. The zero-order chi connectivity index (χ0) is 11.8. The molecule has 1 amide bonds. The smallest absolute Gasteiger partial charge is 0.230 e. The van der Waals surface area contributed by atoms with Gasteiger partial charge in [-0.25, -0.2) is 0 Å². The van der Waals surface area contributed by atoms with E-state index in [0.717, 1.165) is 5.75 Å². The Morgan fingerprint density at radius 1 is 1.47 bits per heavy atom. The lowest BCUT2D eigenvalue weighted by Crippen LogP contribution is -2.30. The molecular weight excluding hydrogens is 256 g/mol. The topological polar surface area (TPSA) is 55.1 Å². The minimum absolute atomic E-state index is 0. The first-order valence-corrected chi connectivity index (χ1v) is 6.48. The third-order valence-electron chi connectivity index (χ3n) is 2.05. The summed E-state index contributed by atoms with van der Waals surface area (Å²) >= 11 is 1.62. The molecule has 0 saturated carbocycles. The molecule has 1 aromatic rings. The molecule has 0 fully saturated rings. The van der Waals surface area contributed by atoms with Gasteiger partial charge < -0.3 is 11.1 Å². The second-order valence-corrected chi connectivity index (χ2v) is 4.61. The van der Waals surface area contributed by atoms with E-state index in [9.17, 15) is 4.79 Å². The predicted octanol–water partition coefficient (Wildman–Crippen LogP) is 1.72. The van der Waals surface area contributed by atoms with E-state index in [2.05, 4.69) is 30.4 Å². The van der Waals surface area contributed by atoms with Crippen LogP contribution in [0.3, 0.4) is 0 Å². The molecule has 17 heavy (non-hydrogen) atoms. The minimum Gasteiger partial charge on any atom is -0.354 e. The van der Waals surface area contributed by atoms with Gasteiger partial charge in [-0.05, 0) is 12.5 Å². The van der Waals surface area contributed by atoms with Crippen molar-refractivity contribution in [3.05, 3.63) is 35.4 Å². The largest absolute Gasteiger partial charge is 0.354 e. The van der Waals surface area contributed by atoms with Crippen LogP contribution >= 0.6 is 24.2 Å². The van der Waals surface area contributed by atoms with E-state index in [1.54, 1.807) is 11.8 Å². The number of rotatable bonds is 6. The van der Waals surface area contributed by atoms with Crippen LogP contribution in [0.2, 0.25) is 0 Å². The van der Waals surface area contributed by atoms with Gasteiger partial charge in [0.15, 0.2) is 0 Å². The highest BCUT2D eigenvalue weighted by molar-refractivity contribution is 7.99. The van der Waals surface area contributed by atoms with Crippen molar-refractivity contribution in [1.29, 1.82) is 0 Å². The van der Waals surface area contributed by atoms with Gasteiger partial charge in [-0.1, -0.05) is 29.8 Å². The lowest BCUT2D eigenvalue weighted by atomic mass is 10.2. The van der Waals surface area contributed by atoms with Gasteiger partial charge in [-0.2, -0.15) is 0 Å². The number of halogens is 1. The number of carbonyl (C=O) groups excluding carboxylic acids is 1. The van der Waals surface area contributed by atoms with Crippen molar-refractivity contribution in [2.24, 2.45) is 5.73 Å². The number of hydrogen-bond donors (Lipinski definition) is 2. The first kappa shape index (κ1) is 16.3. The lowest BCUT2D eigenvalue weighted by Gasteiger charge is -2.04. The summed E-state index contributed by atoms with van der Waals surface area (Å²) in [7, 11) is 0. The Labute approximate surface area is 113 Å². The SMILES string of the molecule is Cc1cccc(CSCC(=O)NCCN)c1.Cl. The Morgan fingerprint density at radius 3 is 2.88 bits per heavy atom. The predicted molar refractivity (Wildman–Crippen MR) is 76.7 cm³/mol. The highest BCUT2D eigenvalue weighted by Gasteiger charge is 2.00. The molecule has 0 aromatic heterocycles. The summed E-state index contributed by atoms with van der Waals surface area (Å²) in [6.07, 6.45) is 0. The second-order valence-electron chi connectivity index (χ2n) is 3.62. The molecule has 0 aliphatic rings. The van der Waals surface area contributed by atoms with Crippen LogP contribution in [0.25, 0.3) is 0 Å². The summed E-state index contributed by atoms with van der Waals surface area (Å²) in [6.45, 7) is 3.13. The lowest BCUT2D eigenvalue weighted by molar-refractivity contribution is -0.118. The molecule has 0 spiro atoms. The van der Waals surface area contributed by atoms with E-state index in [-0.39, 0.29) is 18.3 Å². The molecule has 3 N–H and O–H groups in total. The van der Waals surface area contributed by atoms with Crippen LogP contribution in [-0.4, -0.2) is 24.7 Å². The average molecular weight is 275 g/mol. The molecule has 1 rings (SSSR count). The molecule has 0 atom stereocenters. The van der Waals surface area contributed by atoms with E-state index in [1.807, 2.05) is 6.07 Å². The van der Waals surface area contributed by atoms with Crippen molar-refractivity contribution in [2.45, 2.75) is 12.7 Å². The first-order valence-electron chi connectivity index (χ1n) is 5.32. The van der Waals surface area contributed by atoms with Crippen LogP contribution in [0, 0.1) is 6.92 Å². The maximum Gasteiger partial charge on any atom is 0.230 e. The van der Waals surface area contributed by atoms with Gasteiger partial charge in [-0.15, -0.1) is 24.2 Å². The molecule has 0 saturated heterocycles. The summed E-state index contributed by atoms with van der Waals surface area (Å²) in [5, 5.41) is 2.75. The quantitative estimate of drug-likeness (QED) is 0.831. The molecule has 0 aliphatic heterocycles. The molecular formula is C12H19ClN2OS. The van der Waals surface area contributed by atoms with E-state index < -0.39 is 0 Å². The van der Waals surface area contributed by atoms with Crippen molar-refractivity contribution in [1.82, 2.24) is 5.32 Å². The molecule has 1 aromatic carbocycles. The van der Waals surface area contributed by atoms with Crippen molar-refractivity contribution < 1.29 is 4.79 Å². The maximum absolute atomic E-state index is 11.3. The Hall–Kier alpha value is -0.710. The summed E-state index contributed by atoms with van der Waals surface area (Å²) in [6, 6.07) is 8.34.